The molecule has 3 amide bonds. The molecule has 1 aromatic heterocycles. The summed E-state index contributed by atoms with van der Waals surface area (Å²) in [6.45, 7) is 6.60. The molecule has 0 radical (unpaired) electrons. The van der Waals surface area contributed by atoms with Gasteiger partial charge >= 0.3 is 6.03 Å². The zero-order valence-electron chi connectivity index (χ0n) is 18.2. The topological polar surface area (TPSA) is 57.6 Å². The number of hydrogen-bond acceptors (Lipinski definition) is 2. The van der Waals surface area contributed by atoms with Gasteiger partial charge in [-0.3, -0.25) is 4.79 Å². The van der Waals surface area contributed by atoms with E-state index in [4.69, 9.17) is 0 Å². The van der Waals surface area contributed by atoms with E-state index < -0.39 is 0 Å². The molecule has 1 N–H and O–H groups in total. The zero-order valence-corrected chi connectivity index (χ0v) is 18.2. The SMILES string of the molecule is Cc1cc(C(=O)N2CCC(C)CC2)ccc1NC(=O)N1CCCC1c1cccn1C. The van der Waals surface area contributed by atoms with Crippen molar-refractivity contribution in [2.24, 2.45) is 13.0 Å². The normalized spacial score (nSPS) is 19.9. The van der Waals surface area contributed by atoms with Crippen LogP contribution < -0.4 is 5.32 Å². The van der Waals surface area contributed by atoms with E-state index in [9.17, 15) is 9.59 Å². The van der Waals surface area contributed by atoms with E-state index in [0.29, 0.717) is 11.5 Å². The molecule has 6 heteroatoms. The first kappa shape index (κ1) is 20.5. The number of aryl methyl sites for hydroxylation is 2. The molecule has 4 rings (SSSR count). The molecule has 2 saturated heterocycles. The molecule has 0 bridgehead atoms. The number of nitrogens with zero attached hydrogens (tertiary/aromatic N) is 3. The number of anilines is 1. The van der Waals surface area contributed by atoms with E-state index in [1.54, 1.807) is 0 Å². The molecule has 0 spiro atoms. The standard InChI is InChI=1S/C24H32N4O2/c1-17-10-14-27(15-11-17)23(29)19-8-9-20(18(2)16-19)25-24(30)28-13-5-7-22(28)21-6-4-12-26(21)3/h4,6,8-9,12,16-17,22H,5,7,10-11,13-15H2,1-3H3,(H,25,30). The highest BCUT2D eigenvalue weighted by Gasteiger charge is 2.31. The van der Waals surface area contributed by atoms with Crippen molar-refractivity contribution < 1.29 is 9.59 Å². The van der Waals surface area contributed by atoms with Gasteiger partial charge in [-0.15, -0.1) is 0 Å². The first-order valence-electron chi connectivity index (χ1n) is 11.0. The number of hydrogen-bond donors (Lipinski definition) is 1. The number of urea groups is 1. The molecular weight excluding hydrogens is 376 g/mol. The minimum atomic E-state index is -0.0779. The van der Waals surface area contributed by atoms with Gasteiger partial charge in [0.05, 0.1) is 6.04 Å². The van der Waals surface area contributed by atoms with Gasteiger partial charge in [0.15, 0.2) is 0 Å². The number of carbonyl (C=O) groups is 2. The number of rotatable bonds is 3. The highest BCUT2D eigenvalue weighted by Crippen LogP contribution is 2.32. The second-order valence-corrected chi connectivity index (χ2v) is 8.83. The maximum atomic E-state index is 13.0. The minimum absolute atomic E-state index is 0.0779. The van der Waals surface area contributed by atoms with Crippen LogP contribution in [0.3, 0.4) is 0 Å². The van der Waals surface area contributed by atoms with Crippen LogP contribution >= 0.6 is 0 Å². The third-order valence-electron chi connectivity index (χ3n) is 6.62. The molecule has 2 aromatic rings. The van der Waals surface area contributed by atoms with Crippen LogP contribution in [0.1, 0.15) is 60.3 Å². The van der Waals surface area contributed by atoms with Gasteiger partial charge < -0.3 is 19.7 Å². The fourth-order valence-electron chi connectivity index (χ4n) is 4.66. The van der Waals surface area contributed by atoms with E-state index in [0.717, 1.165) is 62.3 Å². The van der Waals surface area contributed by atoms with E-state index in [1.807, 2.05) is 54.2 Å². The Hall–Kier alpha value is -2.76. The summed E-state index contributed by atoms with van der Waals surface area (Å²) in [5, 5.41) is 3.07. The van der Waals surface area contributed by atoms with E-state index in [2.05, 4.69) is 22.9 Å². The van der Waals surface area contributed by atoms with Crippen LogP contribution in [0, 0.1) is 12.8 Å². The third kappa shape index (κ3) is 4.09. The van der Waals surface area contributed by atoms with Crippen LogP contribution in [-0.4, -0.2) is 45.9 Å². The smallest absolute Gasteiger partial charge is 0.322 e. The van der Waals surface area contributed by atoms with Crippen LogP contribution in [0.5, 0.6) is 0 Å². The average molecular weight is 409 g/mol. The first-order chi connectivity index (χ1) is 14.4. The molecule has 1 atom stereocenters. The lowest BCUT2D eigenvalue weighted by atomic mass is 9.98. The Morgan fingerprint density at radius 3 is 2.50 bits per heavy atom. The van der Waals surface area contributed by atoms with Crippen LogP contribution in [0.25, 0.3) is 0 Å². The van der Waals surface area contributed by atoms with Gasteiger partial charge in [0.25, 0.3) is 5.91 Å². The van der Waals surface area contributed by atoms with E-state index in [-0.39, 0.29) is 18.0 Å². The number of aromatic nitrogens is 1. The third-order valence-corrected chi connectivity index (χ3v) is 6.62. The minimum Gasteiger partial charge on any atom is -0.353 e. The van der Waals surface area contributed by atoms with Crippen molar-refractivity contribution >= 4 is 17.6 Å². The van der Waals surface area contributed by atoms with Crippen molar-refractivity contribution in [1.82, 2.24) is 14.4 Å². The summed E-state index contributed by atoms with van der Waals surface area (Å²) < 4.78 is 2.09. The van der Waals surface area contributed by atoms with Crippen molar-refractivity contribution in [3.63, 3.8) is 0 Å². The van der Waals surface area contributed by atoms with Gasteiger partial charge in [-0.05, 0) is 74.4 Å². The molecule has 160 valence electrons. The molecular formula is C24H32N4O2. The predicted octanol–water partition coefficient (Wildman–Crippen LogP) is 4.57. The van der Waals surface area contributed by atoms with E-state index in [1.165, 1.54) is 0 Å². The van der Waals surface area contributed by atoms with Crippen LogP contribution in [-0.2, 0) is 7.05 Å². The van der Waals surface area contributed by atoms with Crippen molar-refractivity contribution in [2.75, 3.05) is 25.0 Å². The second kappa shape index (κ2) is 8.54. The van der Waals surface area contributed by atoms with Gasteiger partial charge in [0, 0.05) is 49.8 Å². The van der Waals surface area contributed by atoms with Crippen LogP contribution in [0.2, 0.25) is 0 Å². The molecule has 2 aliphatic heterocycles. The number of amides is 3. The summed E-state index contributed by atoms with van der Waals surface area (Å²) in [5.41, 5.74) is 3.54. The lowest BCUT2D eigenvalue weighted by Gasteiger charge is -2.30. The molecule has 30 heavy (non-hydrogen) atoms. The largest absolute Gasteiger partial charge is 0.353 e. The number of piperidine rings is 1. The molecule has 0 aliphatic carbocycles. The van der Waals surface area contributed by atoms with Crippen molar-refractivity contribution in [3.8, 4) is 0 Å². The molecule has 3 heterocycles. The van der Waals surface area contributed by atoms with Gasteiger partial charge in [-0.25, -0.2) is 4.79 Å². The molecule has 2 fully saturated rings. The summed E-state index contributed by atoms with van der Waals surface area (Å²) in [6, 6.07) is 9.73. The Bertz CT molecular complexity index is 927. The van der Waals surface area contributed by atoms with Gasteiger partial charge in [0.1, 0.15) is 0 Å². The predicted molar refractivity (Wildman–Crippen MR) is 119 cm³/mol. The number of carbonyl (C=O) groups excluding carboxylic acids is 2. The highest BCUT2D eigenvalue weighted by atomic mass is 16.2. The van der Waals surface area contributed by atoms with Crippen LogP contribution in [0.15, 0.2) is 36.5 Å². The quantitative estimate of drug-likeness (QED) is 0.808. The summed E-state index contributed by atoms with van der Waals surface area (Å²) in [6.07, 6.45) is 6.14. The monoisotopic (exact) mass is 408 g/mol. The summed E-state index contributed by atoms with van der Waals surface area (Å²) >= 11 is 0. The Balaban J connectivity index is 1.44. The Morgan fingerprint density at radius 1 is 1.07 bits per heavy atom. The molecule has 2 aliphatic rings. The number of benzene rings is 1. The van der Waals surface area contributed by atoms with Crippen molar-refractivity contribution in [2.45, 2.75) is 45.6 Å². The first-order valence-corrected chi connectivity index (χ1v) is 11.0. The van der Waals surface area contributed by atoms with Crippen molar-refractivity contribution in [3.05, 3.63) is 53.3 Å². The molecule has 6 nitrogen and oxygen atoms in total. The lowest BCUT2D eigenvalue weighted by molar-refractivity contribution is 0.0697. The van der Waals surface area contributed by atoms with Crippen molar-refractivity contribution in [1.29, 1.82) is 0 Å². The van der Waals surface area contributed by atoms with Crippen LogP contribution in [0.4, 0.5) is 10.5 Å². The molecule has 0 saturated carbocycles. The lowest BCUT2D eigenvalue weighted by Crippen LogP contribution is -2.38. The average Bonchev–Trinajstić information content (AvgIpc) is 3.38. The Morgan fingerprint density at radius 2 is 1.83 bits per heavy atom. The van der Waals surface area contributed by atoms with Gasteiger partial charge in [-0.2, -0.15) is 0 Å². The maximum Gasteiger partial charge on any atom is 0.322 e. The maximum absolute atomic E-state index is 13.0. The fourth-order valence-corrected chi connectivity index (χ4v) is 4.66. The fraction of sp³-hybridized carbons (Fsp3) is 0.500. The Kier molecular flexibility index (Phi) is 5.84. The summed E-state index contributed by atoms with van der Waals surface area (Å²) in [4.78, 5) is 29.7. The number of nitrogens with one attached hydrogen (secondary N) is 1. The molecule has 1 unspecified atom stereocenters. The zero-order chi connectivity index (χ0) is 21.3. The highest BCUT2D eigenvalue weighted by molar-refractivity contribution is 5.96. The summed E-state index contributed by atoms with van der Waals surface area (Å²) in [5.74, 6) is 0.782. The van der Waals surface area contributed by atoms with E-state index >= 15 is 0 Å². The van der Waals surface area contributed by atoms with Gasteiger partial charge in [0.2, 0.25) is 0 Å². The summed E-state index contributed by atoms with van der Waals surface area (Å²) in [7, 11) is 2.02. The molecule has 1 aromatic carbocycles. The number of likely N-dealkylation sites (tertiary alicyclic amines) is 2. The van der Waals surface area contributed by atoms with Gasteiger partial charge in [-0.1, -0.05) is 6.92 Å². The Labute approximate surface area is 178 Å². The second-order valence-electron chi connectivity index (χ2n) is 8.83.